The van der Waals surface area contributed by atoms with Gasteiger partial charge in [-0.2, -0.15) is 0 Å². The average Bonchev–Trinajstić information content (AvgIpc) is 2.64. The van der Waals surface area contributed by atoms with E-state index in [1.54, 1.807) is 19.2 Å². The Labute approximate surface area is 152 Å². The van der Waals surface area contributed by atoms with Crippen LogP contribution in [0.4, 0.5) is 4.53 Å². The first-order chi connectivity index (χ1) is 12.1. The fraction of sp³-hybridized carbons (Fsp3) is 0.400. The lowest BCUT2D eigenvalue weighted by Gasteiger charge is -2.39. The Morgan fingerprint density at radius 2 is 2.00 bits per heavy atom. The van der Waals surface area contributed by atoms with Crippen molar-refractivity contribution < 1.29 is 18.9 Å². The van der Waals surface area contributed by atoms with Crippen molar-refractivity contribution in [2.75, 3.05) is 13.7 Å². The predicted molar refractivity (Wildman–Crippen MR) is 95.5 cm³/mol. The number of rotatable bonds is 5. The molecule has 0 aliphatic carbocycles. The molecule has 1 aliphatic heterocycles. The monoisotopic (exact) mass is 364 g/mol. The largest absolute Gasteiger partial charge is 0.349 e. The summed E-state index contributed by atoms with van der Waals surface area (Å²) in [4.78, 5) is 3.72. The van der Waals surface area contributed by atoms with Crippen LogP contribution in [-0.2, 0) is 21.7 Å². The second kappa shape index (κ2) is 7.73. The maximum atomic E-state index is 12.2. The van der Waals surface area contributed by atoms with Crippen LogP contribution >= 0.6 is 11.6 Å². The Kier molecular flexibility index (Phi) is 5.62. The van der Waals surface area contributed by atoms with Gasteiger partial charge in [-0.3, -0.25) is 4.94 Å². The molecule has 0 amide bonds. The molecule has 5 heteroatoms. The molecule has 134 valence electrons. The third-order valence-corrected chi connectivity index (χ3v) is 5.15. The molecule has 1 saturated heterocycles. The van der Waals surface area contributed by atoms with E-state index in [1.807, 2.05) is 30.3 Å². The van der Waals surface area contributed by atoms with Crippen molar-refractivity contribution in [1.29, 1.82) is 0 Å². The van der Waals surface area contributed by atoms with Crippen LogP contribution in [0.3, 0.4) is 0 Å². The van der Waals surface area contributed by atoms with Crippen LogP contribution < -0.4 is 4.94 Å². The lowest BCUT2D eigenvalue weighted by atomic mass is 9.89. The summed E-state index contributed by atoms with van der Waals surface area (Å²) in [5.74, 6) is -0.00395. The summed E-state index contributed by atoms with van der Waals surface area (Å²) in [7, 11) is 1.68. The van der Waals surface area contributed by atoms with Gasteiger partial charge >= 0.3 is 0 Å². The van der Waals surface area contributed by atoms with Crippen molar-refractivity contribution >= 4 is 11.6 Å². The summed E-state index contributed by atoms with van der Waals surface area (Å²) in [5, 5.41) is 0.685. The molecule has 0 bridgehead atoms. The van der Waals surface area contributed by atoms with E-state index in [4.69, 9.17) is 21.1 Å². The lowest BCUT2D eigenvalue weighted by Crippen LogP contribution is -2.38. The molecule has 25 heavy (non-hydrogen) atoms. The van der Waals surface area contributed by atoms with E-state index in [0.29, 0.717) is 24.0 Å². The Balaban J connectivity index is 1.89. The predicted octanol–water partition coefficient (Wildman–Crippen LogP) is 5.44. The highest BCUT2D eigenvalue weighted by atomic mass is 35.5. The lowest BCUT2D eigenvalue weighted by molar-refractivity contribution is -0.260. The molecule has 2 aromatic rings. The zero-order valence-electron chi connectivity index (χ0n) is 14.4. The van der Waals surface area contributed by atoms with Crippen LogP contribution in [0.1, 0.15) is 36.5 Å². The molecule has 1 heterocycles. The van der Waals surface area contributed by atoms with Gasteiger partial charge in [0.05, 0.1) is 6.61 Å². The summed E-state index contributed by atoms with van der Waals surface area (Å²) in [6.45, 7) is 2.89. The highest BCUT2D eigenvalue weighted by Crippen LogP contribution is 2.39. The average molecular weight is 365 g/mol. The molecule has 1 fully saturated rings. The first kappa shape index (κ1) is 18.2. The molecule has 1 aliphatic rings. The summed E-state index contributed by atoms with van der Waals surface area (Å²) >= 11 is 6.39. The van der Waals surface area contributed by atoms with Crippen molar-refractivity contribution in [3.8, 4) is 5.75 Å². The summed E-state index contributed by atoms with van der Waals surface area (Å²) in [6, 6.07) is 12.7. The standard InChI is InChI=1S/C20H22ClFO3/c1-14-9-10-24-20(13-14,23-2)17-5-8-19(21)16(12-17)11-15-3-6-18(25-22)7-4-15/h3-8,12,14H,9-11,13H2,1-2H3/t14-,20+/m0/s1. The molecule has 3 nitrogen and oxygen atoms in total. The van der Waals surface area contributed by atoms with Gasteiger partial charge in [0, 0.05) is 28.6 Å². The number of hydrogen-bond acceptors (Lipinski definition) is 3. The fourth-order valence-corrected chi connectivity index (χ4v) is 3.52. The molecular formula is C20H22ClFO3. The third-order valence-electron chi connectivity index (χ3n) is 4.79. The van der Waals surface area contributed by atoms with Gasteiger partial charge in [0.1, 0.15) is 0 Å². The Morgan fingerprint density at radius 1 is 1.24 bits per heavy atom. The number of hydrogen-bond donors (Lipinski definition) is 0. The van der Waals surface area contributed by atoms with E-state index < -0.39 is 5.79 Å². The highest BCUT2D eigenvalue weighted by molar-refractivity contribution is 6.31. The molecule has 0 saturated carbocycles. The van der Waals surface area contributed by atoms with Crippen LogP contribution in [0.25, 0.3) is 0 Å². The second-order valence-electron chi connectivity index (χ2n) is 6.61. The summed E-state index contributed by atoms with van der Waals surface area (Å²) in [5.41, 5.74) is 2.97. The van der Waals surface area contributed by atoms with E-state index >= 15 is 0 Å². The smallest absolute Gasteiger partial charge is 0.194 e. The van der Waals surface area contributed by atoms with Crippen LogP contribution in [0.15, 0.2) is 42.5 Å². The topological polar surface area (TPSA) is 27.7 Å². The molecule has 0 spiro atoms. The first-order valence-corrected chi connectivity index (χ1v) is 8.79. The zero-order chi connectivity index (χ0) is 17.9. The molecular weight excluding hydrogens is 343 g/mol. The van der Waals surface area contributed by atoms with Crippen LogP contribution in [-0.4, -0.2) is 13.7 Å². The van der Waals surface area contributed by atoms with E-state index in [2.05, 4.69) is 11.9 Å². The third kappa shape index (κ3) is 3.97. The molecule has 0 aromatic heterocycles. The molecule has 0 unspecified atom stereocenters. The van der Waals surface area contributed by atoms with E-state index in [9.17, 15) is 4.53 Å². The van der Waals surface area contributed by atoms with Gasteiger partial charge in [0.15, 0.2) is 11.5 Å². The Morgan fingerprint density at radius 3 is 2.64 bits per heavy atom. The highest BCUT2D eigenvalue weighted by Gasteiger charge is 2.38. The molecule has 3 rings (SSSR count). The van der Waals surface area contributed by atoms with Crippen molar-refractivity contribution in [3.63, 3.8) is 0 Å². The van der Waals surface area contributed by atoms with Gasteiger partial charge in [-0.25, -0.2) is 0 Å². The van der Waals surface area contributed by atoms with Crippen LogP contribution in [0, 0.1) is 5.92 Å². The van der Waals surface area contributed by atoms with Gasteiger partial charge < -0.3 is 9.47 Å². The number of ether oxygens (including phenoxy) is 2. The second-order valence-corrected chi connectivity index (χ2v) is 7.01. The molecule has 0 N–H and O–H groups in total. The van der Waals surface area contributed by atoms with Gasteiger partial charge in [0.2, 0.25) is 0 Å². The number of halogens is 2. The minimum atomic E-state index is -0.719. The fourth-order valence-electron chi connectivity index (χ4n) is 3.33. The quantitative estimate of drug-likeness (QED) is 0.707. The van der Waals surface area contributed by atoms with Crippen molar-refractivity contribution in [2.24, 2.45) is 5.92 Å². The Hall–Kier alpha value is -1.62. The SMILES string of the molecule is CO[C@]1(c2ccc(Cl)c(Cc3ccc(OF)cc3)c2)C[C@@H](C)CCO1. The van der Waals surface area contributed by atoms with Crippen molar-refractivity contribution in [2.45, 2.75) is 32.0 Å². The van der Waals surface area contributed by atoms with Gasteiger partial charge in [0.25, 0.3) is 0 Å². The number of benzene rings is 2. The van der Waals surface area contributed by atoms with Gasteiger partial charge in [-0.1, -0.05) is 36.7 Å². The molecule has 2 atom stereocenters. The molecule has 2 aromatic carbocycles. The first-order valence-electron chi connectivity index (χ1n) is 8.42. The zero-order valence-corrected chi connectivity index (χ0v) is 15.2. The molecule has 0 radical (unpaired) electrons. The van der Waals surface area contributed by atoms with Crippen molar-refractivity contribution in [3.05, 3.63) is 64.2 Å². The summed E-state index contributed by atoms with van der Waals surface area (Å²) < 4.78 is 24.0. The summed E-state index contributed by atoms with van der Waals surface area (Å²) in [6.07, 6.45) is 2.48. The van der Waals surface area contributed by atoms with Gasteiger partial charge in [-0.05, 0) is 54.2 Å². The normalized spacial score (nSPS) is 23.4. The van der Waals surface area contributed by atoms with Crippen LogP contribution in [0.5, 0.6) is 5.75 Å². The van der Waals surface area contributed by atoms with Gasteiger partial charge in [-0.15, -0.1) is 0 Å². The van der Waals surface area contributed by atoms with E-state index in [-0.39, 0.29) is 5.75 Å². The van der Waals surface area contributed by atoms with Crippen molar-refractivity contribution in [1.82, 2.24) is 0 Å². The number of methoxy groups -OCH3 is 1. The van der Waals surface area contributed by atoms with E-state index in [1.165, 1.54) is 0 Å². The Bertz CT molecular complexity index is 719. The maximum absolute atomic E-state index is 12.2. The minimum absolute atomic E-state index is 0.187. The van der Waals surface area contributed by atoms with E-state index in [0.717, 1.165) is 29.5 Å². The minimum Gasteiger partial charge on any atom is -0.349 e. The van der Waals surface area contributed by atoms with Crippen LogP contribution in [0.2, 0.25) is 5.02 Å². The maximum Gasteiger partial charge on any atom is 0.194 e.